The van der Waals surface area contributed by atoms with Gasteiger partial charge >= 0.3 is 6.18 Å². The van der Waals surface area contributed by atoms with Gasteiger partial charge in [0.25, 0.3) is 5.56 Å². The maximum atomic E-state index is 15.3. The predicted octanol–water partition coefficient (Wildman–Crippen LogP) is 5.00. The molecular formula is C26H30F4N4O3. The summed E-state index contributed by atoms with van der Waals surface area (Å²) < 4.78 is 67.9. The van der Waals surface area contributed by atoms with Crippen molar-refractivity contribution in [1.29, 1.82) is 0 Å². The van der Waals surface area contributed by atoms with Crippen LogP contribution in [0.1, 0.15) is 38.8 Å². The van der Waals surface area contributed by atoms with Crippen molar-refractivity contribution in [3.05, 3.63) is 70.2 Å². The van der Waals surface area contributed by atoms with E-state index in [4.69, 9.17) is 9.47 Å². The molecule has 0 spiro atoms. The summed E-state index contributed by atoms with van der Waals surface area (Å²) in [5, 5.41) is 3.00. The number of nitrogens with one attached hydrogen (secondary N) is 1. The Kier molecular flexibility index (Phi) is 9.39. The predicted molar refractivity (Wildman–Crippen MR) is 131 cm³/mol. The molecule has 0 saturated heterocycles. The number of rotatable bonds is 11. The van der Waals surface area contributed by atoms with Crippen molar-refractivity contribution in [2.24, 2.45) is 5.92 Å². The first kappa shape index (κ1) is 28.3. The first-order chi connectivity index (χ1) is 17.5. The summed E-state index contributed by atoms with van der Waals surface area (Å²) in [6.45, 7) is 8.99. The lowest BCUT2D eigenvalue weighted by Gasteiger charge is -2.18. The number of hydrogen-bond acceptors (Lipinski definition) is 6. The fourth-order valence-corrected chi connectivity index (χ4v) is 3.48. The molecule has 0 aliphatic carbocycles. The second kappa shape index (κ2) is 12.3. The van der Waals surface area contributed by atoms with Crippen molar-refractivity contribution in [2.75, 3.05) is 19.8 Å². The van der Waals surface area contributed by atoms with Gasteiger partial charge in [0.15, 0.2) is 5.82 Å². The highest BCUT2D eigenvalue weighted by molar-refractivity contribution is 5.58. The summed E-state index contributed by atoms with van der Waals surface area (Å²) in [6, 6.07) is 6.08. The molecule has 0 fully saturated rings. The minimum atomic E-state index is -4.88. The quantitative estimate of drug-likeness (QED) is 0.282. The van der Waals surface area contributed by atoms with Crippen molar-refractivity contribution in [1.82, 2.24) is 19.9 Å². The second-order valence-electron chi connectivity index (χ2n) is 9.09. The van der Waals surface area contributed by atoms with Gasteiger partial charge in [-0.2, -0.15) is 13.2 Å². The van der Waals surface area contributed by atoms with Gasteiger partial charge in [-0.3, -0.25) is 9.36 Å². The summed E-state index contributed by atoms with van der Waals surface area (Å²) in [4.78, 5) is 21.1. The molecule has 0 amide bonds. The molecule has 3 rings (SSSR count). The van der Waals surface area contributed by atoms with Crippen LogP contribution in [-0.4, -0.2) is 40.4 Å². The lowest BCUT2D eigenvalue weighted by molar-refractivity contribution is -0.137. The van der Waals surface area contributed by atoms with Crippen LogP contribution in [0.3, 0.4) is 0 Å². The average Bonchev–Trinajstić information content (AvgIpc) is 2.82. The van der Waals surface area contributed by atoms with Crippen molar-refractivity contribution >= 4 is 0 Å². The van der Waals surface area contributed by atoms with Crippen LogP contribution in [0.15, 0.2) is 47.7 Å². The fourth-order valence-electron chi connectivity index (χ4n) is 3.48. The van der Waals surface area contributed by atoms with E-state index in [9.17, 15) is 18.0 Å². The molecule has 1 aromatic carbocycles. The van der Waals surface area contributed by atoms with Gasteiger partial charge in [0.2, 0.25) is 5.88 Å². The van der Waals surface area contributed by atoms with E-state index in [1.165, 1.54) is 6.20 Å². The molecule has 200 valence electrons. The van der Waals surface area contributed by atoms with Gasteiger partial charge in [-0.15, -0.1) is 0 Å². The van der Waals surface area contributed by atoms with E-state index in [1.807, 2.05) is 27.7 Å². The molecule has 7 nitrogen and oxygen atoms in total. The van der Waals surface area contributed by atoms with Gasteiger partial charge in [0, 0.05) is 36.0 Å². The zero-order chi connectivity index (χ0) is 27.2. The number of benzene rings is 1. The van der Waals surface area contributed by atoms with E-state index in [1.54, 1.807) is 12.1 Å². The molecule has 2 aromatic heterocycles. The molecule has 0 aliphatic heterocycles. The molecular weight excluding hydrogens is 492 g/mol. The highest BCUT2D eigenvalue weighted by Gasteiger charge is 2.36. The zero-order valence-corrected chi connectivity index (χ0v) is 21.1. The number of aromatic nitrogens is 3. The molecule has 1 N–H and O–H groups in total. The Hall–Kier alpha value is -3.31. The van der Waals surface area contributed by atoms with Crippen LogP contribution in [0, 0.1) is 11.7 Å². The van der Waals surface area contributed by atoms with Crippen molar-refractivity contribution < 1.29 is 27.0 Å². The Morgan fingerprint density at radius 1 is 1.05 bits per heavy atom. The highest BCUT2D eigenvalue weighted by Crippen LogP contribution is 2.35. The van der Waals surface area contributed by atoms with E-state index < -0.39 is 28.8 Å². The molecule has 0 aliphatic rings. The van der Waals surface area contributed by atoms with Gasteiger partial charge in [0.1, 0.15) is 12.9 Å². The van der Waals surface area contributed by atoms with Gasteiger partial charge in [-0.1, -0.05) is 19.9 Å². The SMILES string of the molecule is CC(C)CNCc1ccc(C(F)(F)F)c(-n2cnc(-c3ccc(OCCOC(C)C)nc3)cc2=O)c1F. The van der Waals surface area contributed by atoms with Crippen LogP contribution in [0.2, 0.25) is 0 Å². The Morgan fingerprint density at radius 3 is 2.41 bits per heavy atom. The van der Waals surface area contributed by atoms with E-state index >= 15 is 4.39 Å². The Morgan fingerprint density at radius 2 is 1.81 bits per heavy atom. The average molecular weight is 523 g/mol. The number of ether oxygens (including phenoxy) is 2. The van der Waals surface area contributed by atoms with Gasteiger partial charge in [0.05, 0.1) is 29.7 Å². The number of hydrogen-bond donors (Lipinski definition) is 1. The maximum absolute atomic E-state index is 15.3. The lowest BCUT2D eigenvalue weighted by atomic mass is 10.1. The summed E-state index contributed by atoms with van der Waals surface area (Å²) in [5.74, 6) is -0.526. The third kappa shape index (κ3) is 7.59. The van der Waals surface area contributed by atoms with Crippen LogP contribution >= 0.6 is 0 Å². The molecule has 11 heteroatoms. The third-order valence-corrected chi connectivity index (χ3v) is 5.24. The van der Waals surface area contributed by atoms with E-state index in [0.29, 0.717) is 35.8 Å². The van der Waals surface area contributed by atoms with E-state index in [0.717, 1.165) is 24.5 Å². The molecule has 0 radical (unpaired) electrons. The molecule has 37 heavy (non-hydrogen) atoms. The number of halogens is 4. The summed E-state index contributed by atoms with van der Waals surface area (Å²) >= 11 is 0. The molecule has 0 saturated carbocycles. The van der Waals surface area contributed by atoms with Gasteiger partial charge < -0.3 is 14.8 Å². The molecule has 0 unspecified atom stereocenters. The largest absolute Gasteiger partial charge is 0.475 e. The highest BCUT2D eigenvalue weighted by atomic mass is 19.4. The van der Waals surface area contributed by atoms with Gasteiger partial charge in [-0.05, 0) is 38.4 Å². The monoisotopic (exact) mass is 522 g/mol. The van der Waals surface area contributed by atoms with Crippen molar-refractivity contribution in [2.45, 2.75) is 46.5 Å². The number of nitrogens with zero attached hydrogens (tertiary/aromatic N) is 3. The zero-order valence-electron chi connectivity index (χ0n) is 21.1. The normalized spacial score (nSPS) is 11.9. The van der Waals surface area contributed by atoms with Gasteiger partial charge in [-0.25, -0.2) is 14.4 Å². The van der Waals surface area contributed by atoms with Crippen LogP contribution in [-0.2, 0) is 17.5 Å². The molecule has 3 aromatic rings. The maximum Gasteiger partial charge on any atom is 0.418 e. The Bertz CT molecular complexity index is 1240. The van der Waals surface area contributed by atoms with E-state index in [-0.39, 0.29) is 29.8 Å². The lowest BCUT2D eigenvalue weighted by Crippen LogP contribution is -2.25. The minimum Gasteiger partial charge on any atom is -0.475 e. The molecule has 2 heterocycles. The smallest absolute Gasteiger partial charge is 0.418 e. The summed E-state index contributed by atoms with van der Waals surface area (Å²) in [5.41, 5.74) is -2.39. The Labute approximate surface area is 212 Å². The number of alkyl halides is 3. The standard InChI is InChI=1S/C26H30F4N4O3/c1-16(2)12-31-13-19-5-7-20(26(28,29)30)25(24(19)27)34-15-33-21(11-23(34)35)18-6-8-22(32-14-18)37-10-9-36-17(3)4/h5-8,11,14-17,31H,9-10,12-13H2,1-4H3. The van der Waals surface area contributed by atoms with E-state index in [2.05, 4.69) is 15.3 Å². The minimum absolute atomic E-state index is 0.0122. The van der Waals surface area contributed by atoms with Crippen LogP contribution in [0.4, 0.5) is 17.6 Å². The topological polar surface area (TPSA) is 78.3 Å². The van der Waals surface area contributed by atoms with Crippen molar-refractivity contribution in [3.63, 3.8) is 0 Å². The Balaban J connectivity index is 1.88. The fraction of sp³-hybridized carbons (Fsp3) is 0.423. The first-order valence-electron chi connectivity index (χ1n) is 11.9. The second-order valence-corrected chi connectivity index (χ2v) is 9.09. The van der Waals surface area contributed by atoms with Crippen LogP contribution < -0.4 is 15.6 Å². The molecule has 0 atom stereocenters. The van der Waals surface area contributed by atoms with Crippen LogP contribution in [0.5, 0.6) is 5.88 Å². The number of pyridine rings is 1. The van der Waals surface area contributed by atoms with Crippen molar-refractivity contribution in [3.8, 4) is 22.8 Å². The summed E-state index contributed by atoms with van der Waals surface area (Å²) in [7, 11) is 0. The molecule has 0 bridgehead atoms. The first-order valence-corrected chi connectivity index (χ1v) is 11.9. The summed E-state index contributed by atoms with van der Waals surface area (Å²) in [6.07, 6.45) is -2.48. The van der Waals surface area contributed by atoms with Crippen LogP contribution in [0.25, 0.3) is 16.9 Å². The third-order valence-electron chi connectivity index (χ3n) is 5.24.